The molecular formula is C5H8ClNO2. The summed E-state index contributed by atoms with van der Waals surface area (Å²) in [6, 6.07) is -0.833. The molecule has 9 heavy (non-hydrogen) atoms. The van der Waals surface area contributed by atoms with Crippen LogP contribution in [0.4, 0.5) is 0 Å². The van der Waals surface area contributed by atoms with Crippen LogP contribution in [-0.4, -0.2) is 17.1 Å². The molecule has 0 spiro atoms. The number of hydrogen-bond acceptors (Lipinski definition) is 2. The third kappa shape index (κ3) is 4.00. The predicted octanol–water partition coefficient (Wildman–Crippen LogP) is 0.541. The van der Waals surface area contributed by atoms with Crippen LogP contribution in [0.1, 0.15) is 6.42 Å². The molecular weight excluding hydrogens is 142 g/mol. The van der Waals surface area contributed by atoms with Crippen LogP contribution < -0.4 is 5.73 Å². The third-order valence-electron chi connectivity index (χ3n) is 0.796. The van der Waals surface area contributed by atoms with Crippen LogP contribution in [0.15, 0.2) is 11.6 Å². The number of carboxylic acid groups (broad SMARTS) is 1. The van der Waals surface area contributed by atoms with Crippen molar-refractivity contribution < 1.29 is 9.90 Å². The molecule has 0 unspecified atom stereocenters. The van der Waals surface area contributed by atoms with E-state index < -0.39 is 12.0 Å². The lowest BCUT2D eigenvalue weighted by molar-refractivity contribution is -0.138. The van der Waals surface area contributed by atoms with Gasteiger partial charge < -0.3 is 10.8 Å². The molecule has 52 valence electrons. The Morgan fingerprint density at radius 1 is 1.89 bits per heavy atom. The molecule has 4 heteroatoms. The van der Waals surface area contributed by atoms with Gasteiger partial charge in [-0.1, -0.05) is 17.7 Å². The lowest BCUT2D eigenvalue weighted by atomic mass is 10.2. The molecule has 0 bridgehead atoms. The van der Waals surface area contributed by atoms with Crippen LogP contribution >= 0.6 is 11.6 Å². The van der Waals surface area contributed by atoms with E-state index in [1.807, 2.05) is 0 Å². The molecule has 0 aliphatic carbocycles. The fourth-order valence-electron chi connectivity index (χ4n) is 0.299. The van der Waals surface area contributed by atoms with E-state index in [4.69, 9.17) is 22.4 Å². The molecule has 0 aliphatic rings. The van der Waals surface area contributed by atoms with Crippen molar-refractivity contribution in [2.45, 2.75) is 12.5 Å². The molecule has 0 aromatic rings. The third-order valence-corrected chi connectivity index (χ3v) is 0.974. The van der Waals surface area contributed by atoms with Gasteiger partial charge in [-0.05, 0) is 6.42 Å². The van der Waals surface area contributed by atoms with Gasteiger partial charge in [0, 0.05) is 5.54 Å². The van der Waals surface area contributed by atoms with E-state index >= 15 is 0 Å². The van der Waals surface area contributed by atoms with E-state index in [1.54, 1.807) is 0 Å². The largest absolute Gasteiger partial charge is 0.480 e. The maximum atomic E-state index is 10.0. The molecule has 3 nitrogen and oxygen atoms in total. The SMILES string of the molecule is N[C@H](C/C=C\Cl)C(=O)O. The van der Waals surface area contributed by atoms with Crippen LogP contribution in [0.2, 0.25) is 0 Å². The highest BCUT2D eigenvalue weighted by molar-refractivity contribution is 6.25. The highest BCUT2D eigenvalue weighted by atomic mass is 35.5. The van der Waals surface area contributed by atoms with E-state index in [9.17, 15) is 4.79 Å². The minimum absolute atomic E-state index is 0.277. The zero-order chi connectivity index (χ0) is 7.28. The van der Waals surface area contributed by atoms with Gasteiger partial charge in [-0.15, -0.1) is 0 Å². The van der Waals surface area contributed by atoms with Crippen molar-refractivity contribution in [3.63, 3.8) is 0 Å². The van der Waals surface area contributed by atoms with Crippen molar-refractivity contribution in [3.05, 3.63) is 11.6 Å². The average molecular weight is 150 g/mol. The number of hydrogen-bond donors (Lipinski definition) is 2. The van der Waals surface area contributed by atoms with Crippen molar-refractivity contribution in [1.82, 2.24) is 0 Å². The van der Waals surface area contributed by atoms with Gasteiger partial charge in [0.1, 0.15) is 6.04 Å². The standard InChI is InChI=1S/C5H8ClNO2/c6-3-1-2-4(7)5(8)9/h1,3-4H,2,7H2,(H,8,9)/b3-1-/t4-/m1/s1. The van der Waals surface area contributed by atoms with Crippen LogP contribution in [0, 0.1) is 0 Å². The number of carboxylic acids is 1. The molecule has 0 heterocycles. The van der Waals surface area contributed by atoms with Gasteiger partial charge in [0.2, 0.25) is 0 Å². The molecule has 1 atom stereocenters. The Kier molecular flexibility index (Phi) is 4.09. The minimum atomic E-state index is -1.01. The number of aliphatic carboxylic acids is 1. The predicted molar refractivity (Wildman–Crippen MR) is 35.2 cm³/mol. The summed E-state index contributed by atoms with van der Waals surface area (Å²) in [5.74, 6) is -1.01. The molecule has 3 N–H and O–H groups in total. The quantitative estimate of drug-likeness (QED) is 0.616. The second-order valence-electron chi connectivity index (χ2n) is 1.54. The fourth-order valence-corrected chi connectivity index (χ4v) is 0.402. The maximum absolute atomic E-state index is 10.0. The topological polar surface area (TPSA) is 63.3 Å². The molecule has 0 rings (SSSR count). The summed E-state index contributed by atoms with van der Waals surface area (Å²) < 4.78 is 0. The minimum Gasteiger partial charge on any atom is -0.480 e. The number of rotatable bonds is 3. The van der Waals surface area contributed by atoms with Gasteiger partial charge >= 0.3 is 5.97 Å². The normalized spacial score (nSPS) is 14.0. The summed E-state index contributed by atoms with van der Waals surface area (Å²) in [6.45, 7) is 0. The Bertz CT molecular complexity index is 124. The highest BCUT2D eigenvalue weighted by Gasteiger charge is 2.07. The zero-order valence-electron chi connectivity index (χ0n) is 4.75. The van der Waals surface area contributed by atoms with Crippen molar-refractivity contribution in [3.8, 4) is 0 Å². The summed E-state index contributed by atoms with van der Waals surface area (Å²) in [4.78, 5) is 10.0. The Balaban J connectivity index is 3.50. The van der Waals surface area contributed by atoms with E-state index in [2.05, 4.69) is 0 Å². The first-order chi connectivity index (χ1) is 4.18. The molecule has 0 aromatic carbocycles. The van der Waals surface area contributed by atoms with Crippen molar-refractivity contribution in [2.75, 3.05) is 0 Å². The van der Waals surface area contributed by atoms with Gasteiger partial charge in [-0.2, -0.15) is 0 Å². The van der Waals surface area contributed by atoms with E-state index in [0.717, 1.165) is 0 Å². The molecule has 0 aliphatic heterocycles. The summed E-state index contributed by atoms with van der Waals surface area (Å²) in [7, 11) is 0. The van der Waals surface area contributed by atoms with Crippen LogP contribution in [0.25, 0.3) is 0 Å². The number of nitrogens with two attached hydrogens (primary N) is 1. The van der Waals surface area contributed by atoms with E-state index in [0.29, 0.717) is 0 Å². The molecule has 0 radical (unpaired) electrons. The lowest BCUT2D eigenvalue weighted by Gasteiger charge is -1.98. The summed E-state index contributed by atoms with van der Waals surface area (Å²) in [5, 5.41) is 8.21. The van der Waals surface area contributed by atoms with Crippen LogP contribution in [0.3, 0.4) is 0 Å². The Morgan fingerprint density at radius 2 is 2.44 bits per heavy atom. The van der Waals surface area contributed by atoms with E-state index in [-0.39, 0.29) is 6.42 Å². The monoisotopic (exact) mass is 149 g/mol. The van der Waals surface area contributed by atoms with E-state index in [1.165, 1.54) is 11.6 Å². The van der Waals surface area contributed by atoms with Gasteiger partial charge in [0.25, 0.3) is 0 Å². The summed E-state index contributed by atoms with van der Waals surface area (Å²) >= 11 is 5.12. The fraction of sp³-hybridized carbons (Fsp3) is 0.400. The van der Waals surface area contributed by atoms with Crippen LogP contribution in [-0.2, 0) is 4.79 Å². The first-order valence-corrected chi connectivity index (χ1v) is 2.85. The Morgan fingerprint density at radius 3 is 2.78 bits per heavy atom. The first kappa shape index (κ1) is 8.46. The lowest BCUT2D eigenvalue weighted by Crippen LogP contribution is -2.29. The molecule has 0 fully saturated rings. The zero-order valence-corrected chi connectivity index (χ0v) is 5.51. The van der Waals surface area contributed by atoms with Crippen LogP contribution in [0.5, 0.6) is 0 Å². The molecule has 0 saturated heterocycles. The van der Waals surface area contributed by atoms with Crippen molar-refractivity contribution in [1.29, 1.82) is 0 Å². The number of carbonyl (C=O) groups is 1. The highest BCUT2D eigenvalue weighted by Crippen LogP contribution is 1.90. The Labute approximate surface area is 58.1 Å². The molecule has 0 saturated carbocycles. The second kappa shape index (κ2) is 4.35. The Hall–Kier alpha value is -0.540. The summed E-state index contributed by atoms with van der Waals surface area (Å²) in [6.07, 6.45) is 1.78. The van der Waals surface area contributed by atoms with Gasteiger partial charge in [0.05, 0.1) is 0 Å². The van der Waals surface area contributed by atoms with Gasteiger partial charge in [-0.25, -0.2) is 0 Å². The smallest absolute Gasteiger partial charge is 0.320 e. The molecule has 0 aromatic heterocycles. The average Bonchev–Trinajstić information content (AvgIpc) is 1.82. The second-order valence-corrected chi connectivity index (χ2v) is 1.79. The summed E-state index contributed by atoms with van der Waals surface area (Å²) in [5.41, 5.74) is 6.35. The van der Waals surface area contributed by atoms with Crippen molar-refractivity contribution >= 4 is 17.6 Å². The number of halogens is 1. The maximum Gasteiger partial charge on any atom is 0.320 e. The van der Waals surface area contributed by atoms with Gasteiger partial charge in [0.15, 0.2) is 0 Å². The van der Waals surface area contributed by atoms with Gasteiger partial charge in [-0.3, -0.25) is 4.79 Å². The molecule has 0 amide bonds. The first-order valence-electron chi connectivity index (χ1n) is 2.42. The van der Waals surface area contributed by atoms with Crippen molar-refractivity contribution in [2.24, 2.45) is 5.73 Å².